The Bertz CT molecular complexity index is 1420. The van der Waals surface area contributed by atoms with Gasteiger partial charge in [0, 0.05) is 31.1 Å². The molecular formula is C27H28Cl2N4O6S. The Balaban J connectivity index is 1.47. The molecule has 2 aromatic carbocycles. The molecule has 40 heavy (non-hydrogen) atoms. The van der Waals surface area contributed by atoms with E-state index in [1.54, 1.807) is 36.4 Å². The van der Waals surface area contributed by atoms with Crippen molar-refractivity contribution in [2.75, 3.05) is 32.8 Å². The number of nitriles is 1. The molecule has 10 nitrogen and oxygen atoms in total. The summed E-state index contributed by atoms with van der Waals surface area (Å²) in [6.07, 6.45) is -1.23. The number of halogens is 2. The van der Waals surface area contributed by atoms with E-state index in [1.807, 2.05) is 4.90 Å². The molecule has 1 saturated carbocycles. The number of nitrogens with zero attached hydrogens (tertiary/aromatic N) is 3. The van der Waals surface area contributed by atoms with Crippen LogP contribution in [0.2, 0.25) is 10.0 Å². The summed E-state index contributed by atoms with van der Waals surface area (Å²) in [7, 11) is -3.99. The first kappa shape index (κ1) is 28.6. The normalized spacial score (nSPS) is 23.2. The topological polar surface area (TPSA) is 129 Å². The predicted molar refractivity (Wildman–Crippen MR) is 146 cm³/mol. The van der Waals surface area contributed by atoms with Crippen LogP contribution in [0.5, 0.6) is 0 Å². The molecule has 0 aromatic heterocycles. The summed E-state index contributed by atoms with van der Waals surface area (Å²) in [5.74, 6) is -0.416. The van der Waals surface area contributed by atoms with Crippen LogP contribution in [0.15, 0.2) is 53.4 Å². The van der Waals surface area contributed by atoms with Crippen molar-refractivity contribution in [3.05, 3.63) is 64.1 Å². The lowest BCUT2D eigenvalue weighted by molar-refractivity contribution is -0.146. The number of morpholine rings is 1. The van der Waals surface area contributed by atoms with Gasteiger partial charge in [0.1, 0.15) is 11.6 Å². The fourth-order valence-electron chi connectivity index (χ4n) is 5.07. The molecule has 0 radical (unpaired) electrons. The van der Waals surface area contributed by atoms with Crippen molar-refractivity contribution in [3.63, 3.8) is 0 Å². The number of amides is 2. The largest absolute Gasteiger partial charge is 0.425 e. The standard InChI is InChI=1S/C27H28Cl2N4O6S/c28-19-7-5-18(6-8-19)24(32-11-13-38-14-12-32)25(34)33-16-20(40(36,37)22-4-2-1-3-21(22)29)15-23(33)39-26(35)31-27(17-30)9-10-27/h1-8,20,23-24H,9-16H2,(H,31,35)/t20-,23+,24?/m1/s1. The molecule has 3 aliphatic rings. The molecular weight excluding hydrogens is 579 g/mol. The molecule has 2 aromatic rings. The van der Waals surface area contributed by atoms with Crippen LogP contribution < -0.4 is 5.32 Å². The van der Waals surface area contributed by atoms with Crippen molar-refractivity contribution in [1.82, 2.24) is 15.1 Å². The third-order valence-corrected chi connectivity index (χ3v) is 10.3. The molecule has 0 bridgehead atoms. The molecule has 1 N–H and O–H groups in total. The van der Waals surface area contributed by atoms with E-state index in [4.69, 9.17) is 32.7 Å². The zero-order valence-corrected chi connectivity index (χ0v) is 23.8. The van der Waals surface area contributed by atoms with Gasteiger partial charge in [-0.05, 0) is 42.7 Å². The number of ether oxygens (including phenoxy) is 2. The fourth-order valence-corrected chi connectivity index (χ4v) is 7.40. The number of alkyl carbamates (subject to hydrolysis) is 1. The molecule has 3 fully saturated rings. The number of hydrogen-bond donors (Lipinski definition) is 1. The van der Waals surface area contributed by atoms with Crippen molar-refractivity contribution in [2.24, 2.45) is 0 Å². The summed E-state index contributed by atoms with van der Waals surface area (Å²) < 4.78 is 38.4. The van der Waals surface area contributed by atoms with E-state index >= 15 is 0 Å². The van der Waals surface area contributed by atoms with E-state index in [1.165, 1.54) is 17.0 Å². The summed E-state index contributed by atoms with van der Waals surface area (Å²) in [4.78, 5) is 30.3. The highest BCUT2D eigenvalue weighted by Crippen LogP contribution is 2.37. The van der Waals surface area contributed by atoms with Crippen molar-refractivity contribution in [2.45, 2.75) is 47.2 Å². The van der Waals surface area contributed by atoms with Gasteiger partial charge in [0.2, 0.25) is 5.91 Å². The molecule has 13 heteroatoms. The Hall–Kier alpha value is -2.88. The quantitative estimate of drug-likeness (QED) is 0.506. The Morgan fingerprint density at radius 1 is 1.10 bits per heavy atom. The van der Waals surface area contributed by atoms with Crippen molar-refractivity contribution < 1.29 is 27.5 Å². The summed E-state index contributed by atoms with van der Waals surface area (Å²) in [5, 5.41) is 11.4. The predicted octanol–water partition coefficient (Wildman–Crippen LogP) is 3.55. The summed E-state index contributed by atoms with van der Waals surface area (Å²) in [5.41, 5.74) is -0.328. The highest BCUT2D eigenvalue weighted by Gasteiger charge is 2.49. The molecule has 2 aliphatic heterocycles. The van der Waals surface area contributed by atoms with Crippen molar-refractivity contribution in [3.8, 4) is 6.07 Å². The number of likely N-dealkylation sites (tertiary alicyclic amines) is 1. The minimum Gasteiger partial charge on any atom is -0.425 e. The van der Waals surface area contributed by atoms with Crippen LogP contribution in [-0.4, -0.2) is 80.1 Å². The first-order valence-corrected chi connectivity index (χ1v) is 15.2. The SMILES string of the molecule is N#CC1(NC(=O)O[C@H]2C[C@@H](S(=O)(=O)c3ccccc3Cl)CN2C(=O)C(c2ccc(Cl)cc2)N2CCOCC2)CC1. The van der Waals surface area contributed by atoms with Crippen molar-refractivity contribution >= 4 is 45.0 Å². The second-order valence-corrected chi connectivity index (χ2v) is 13.1. The lowest BCUT2D eigenvalue weighted by atomic mass is 10.0. The molecule has 2 amide bonds. The highest BCUT2D eigenvalue weighted by atomic mass is 35.5. The maximum absolute atomic E-state index is 14.3. The molecule has 1 unspecified atom stereocenters. The third kappa shape index (κ3) is 5.92. The van der Waals surface area contributed by atoms with Crippen LogP contribution >= 0.6 is 23.2 Å². The van der Waals surface area contributed by atoms with Crippen LogP contribution in [0.4, 0.5) is 4.79 Å². The van der Waals surface area contributed by atoms with E-state index in [0.29, 0.717) is 49.7 Å². The fraction of sp³-hybridized carbons (Fsp3) is 0.444. The van der Waals surface area contributed by atoms with Gasteiger partial charge in [-0.2, -0.15) is 5.26 Å². The number of benzene rings is 2. The number of rotatable bonds is 7. The molecule has 0 spiro atoms. The Kier molecular flexibility index (Phi) is 8.27. The molecule has 5 rings (SSSR count). The molecule has 1 aliphatic carbocycles. The Morgan fingerprint density at radius 2 is 1.77 bits per heavy atom. The van der Waals surface area contributed by atoms with Gasteiger partial charge in [0.25, 0.3) is 0 Å². The van der Waals surface area contributed by atoms with E-state index in [0.717, 1.165) is 0 Å². The minimum absolute atomic E-state index is 0.0528. The summed E-state index contributed by atoms with van der Waals surface area (Å²) >= 11 is 12.3. The number of sulfone groups is 1. The van der Waals surface area contributed by atoms with Gasteiger partial charge in [0.05, 0.1) is 34.5 Å². The maximum atomic E-state index is 14.3. The van der Waals surface area contributed by atoms with Crippen LogP contribution in [0.3, 0.4) is 0 Å². The van der Waals surface area contributed by atoms with Gasteiger partial charge in [0.15, 0.2) is 16.1 Å². The molecule has 212 valence electrons. The zero-order chi connectivity index (χ0) is 28.5. The monoisotopic (exact) mass is 606 g/mol. The van der Waals surface area contributed by atoms with E-state index < -0.39 is 44.9 Å². The van der Waals surface area contributed by atoms with Crippen molar-refractivity contribution in [1.29, 1.82) is 5.26 Å². The highest BCUT2D eigenvalue weighted by molar-refractivity contribution is 7.92. The van der Waals surface area contributed by atoms with Gasteiger partial charge in [-0.15, -0.1) is 0 Å². The first-order chi connectivity index (χ1) is 19.1. The summed E-state index contributed by atoms with van der Waals surface area (Å²) in [6.45, 7) is 1.61. The van der Waals surface area contributed by atoms with Crippen LogP contribution in [0.25, 0.3) is 0 Å². The Morgan fingerprint density at radius 3 is 2.40 bits per heavy atom. The average Bonchev–Trinajstić information content (AvgIpc) is 3.58. The maximum Gasteiger partial charge on any atom is 0.410 e. The van der Waals surface area contributed by atoms with Gasteiger partial charge >= 0.3 is 6.09 Å². The molecule has 2 heterocycles. The summed E-state index contributed by atoms with van der Waals surface area (Å²) in [6, 6.07) is 14.2. The van der Waals surface area contributed by atoms with E-state index in [9.17, 15) is 23.3 Å². The Labute approximate surface area is 242 Å². The second kappa shape index (κ2) is 11.5. The molecule has 2 saturated heterocycles. The second-order valence-electron chi connectivity index (χ2n) is 10.1. The smallest absolute Gasteiger partial charge is 0.410 e. The van der Waals surface area contributed by atoms with Crippen LogP contribution in [-0.2, 0) is 24.1 Å². The van der Waals surface area contributed by atoms with E-state index in [-0.39, 0.29) is 22.9 Å². The third-order valence-electron chi connectivity index (χ3n) is 7.46. The number of carbonyl (C=O) groups is 2. The lowest BCUT2D eigenvalue weighted by Gasteiger charge is -2.37. The van der Waals surface area contributed by atoms with Crippen LogP contribution in [0.1, 0.15) is 30.9 Å². The first-order valence-electron chi connectivity index (χ1n) is 12.9. The number of nitrogens with one attached hydrogen (secondary N) is 1. The van der Waals surface area contributed by atoms with Gasteiger partial charge in [-0.3, -0.25) is 9.69 Å². The molecule has 3 atom stereocenters. The van der Waals surface area contributed by atoms with E-state index in [2.05, 4.69) is 11.4 Å². The number of carbonyl (C=O) groups excluding carboxylic acids is 2. The van der Waals surface area contributed by atoms with Gasteiger partial charge < -0.3 is 19.7 Å². The average molecular weight is 608 g/mol. The van der Waals surface area contributed by atoms with Gasteiger partial charge in [-0.25, -0.2) is 13.2 Å². The van der Waals surface area contributed by atoms with Crippen LogP contribution in [0, 0.1) is 11.3 Å². The zero-order valence-electron chi connectivity index (χ0n) is 21.5. The lowest BCUT2D eigenvalue weighted by Crippen LogP contribution is -2.50. The number of hydrogen-bond acceptors (Lipinski definition) is 8. The van der Waals surface area contributed by atoms with Gasteiger partial charge in [-0.1, -0.05) is 47.5 Å². The minimum atomic E-state index is -3.99.